The van der Waals surface area contributed by atoms with E-state index in [0.717, 1.165) is 24.1 Å². The maximum absolute atomic E-state index is 12.3. The van der Waals surface area contributed by atoms with Crippen LogP contribution in [0.3, 0.4) is 0 Å². The lowest BCUT2D eigenvalue weighted by Crippen LogP contribution is -2.56. The molecule has 1 aliphatic carbocycles. The molecule has 1 aliphatic heterocycles. The van der Waals surface area contributed by atoms with Gasteiger partial charge < -0.3 is 15.2 Å². The minimum absolute atomic E-state index is 0.0283. The highest BCUT2D eigenvalue weighted by Gasteiger charge is 2.43. The number of amides is 1. The number of nitrogens with zero attached hydrogens (tertiary/aromatic N) is 3. The molecule has 1 atom stereocenters. The third-order valence-electron chi connectivity index (χ3n) is 5.14. The number of aromatic amines is 1. The molecule has 0 bridgehead atoms. The molecular weight excluding hydrogens is 330 g/mol. The fourth-order valence-corrected chi connectivity index (χ4v) is 3.50. The maximum Gasteiger partial charge on any atom is 0.271 e. The number of hydrogen-bond donors (Lipinski definition) is 2. The van der Waals surface area contributed by atoms with Crippen LogP contribution >= 0.6 is 0 Å². The van der Waals surface area contributed by atoms with Crippen LogP contribution in [0.5, 0.6) is 0 Å². The number of carbonyl (C=O) groups excluding carboxylic acids is 1. The van der Waals surface area contributed by atoms with Gasteiger partial charge in [0.1, 0.15) is 12.0 Å². The summed E-state index contributed by atoms with van der Waals surface area (Å²) in [5.41, 5.74) is 1.99. The summed E-state index contributed by atoms with van der Waals surface area (Å²) in [4.78, 5) is 36.7. The molecule has 1 saturated heterocycles. The van der Waals surface area contributed by atoms with Crippen LogP contribution in [0.1, 0.15) is 12.8 Å². The van der Waals surface area contributed by atoms with Crippen molar-refractivity contribution in [1.82, 2.24) is 19.9 Å². The Bertz CT molecular complexity index is 869. The first-order valence-corrected chi connectivity index (χ1v) is 8.82. The summed E-state index contributed by atoms with van der Waals surface area (Å²) in [7, 11) is 0. The molecule has 7 heteroatoms. The van der Waals surface area contributed by atoms with Crippen LogP contribution in [-0.2, 0) is 4.79 Å². The van der Waals surface area contributed by atoms with Crippen molar-refractivity contribution in [3.8, 4) is 11.3 Å². The molecule has 134 valence electrons. The fraction of sp³-hybridized carbons (Fsp3) is 0.368. The Morgan fingerprint density at radius 2 is 2.19 bits per heavy atom. The molecule has 3 heterocycles. The summed E-state index contributed by atoms with van der Waals surface area (Å²) < 4.78 is 0. The fourth-order valence-electron chi connectivity index (χ4n) is 3.50. The molecule has 1 unspecified atom stereocenters. The van der Waals surface area contributed by atoms with Gasteiger partial charge in [-0.05, 0) is 37.0 Å². The first kappa shape index (κ1) is 16.5. The van der Waals surface area contributed by atoms with E-state index < -0.39 is 0 Å². The van der Waals surface area contributed by atoms with Gasteiger partial charge in [0.15, 0.2) is 0 Å². The van der Waals surface area contributed by atoms with Gasteiger partial charge in [-0.2, -0.15) is 0 Å². The van der Waals surface area contributed by atoms with Gasteiger partial charge in [-0.3, -0.25) is 9.59 Å². The number of likely N-dealkylation sites (tertiary alicyclic amines) is 1. The predicted molar refractivity (Wildman–Crippen MR) is 98.5 cm³/mol. The molecule has 7 nitrogen and oxygen atoms in total. The van der Waals surface area contributed by atoms with Crippen LogP contribution < -0.4 is 10.9 Å². The van der Waals surface area contributed by atoms with Crippen molar-refractivity contribution >= 4 is 11.6 Å². The minimum Gasteiger partial charge on any atom is -0.377 e. The number of hydrogen-bond acceptors (Lipinski definition) is 5. The average Bonchev–Trinajstić information content (AvgIpc) is 3.46. The first-order chi connectivity index (χ1) is 12.7. The van der Waals surface area contributed by atoms with E-state index in [1.807, 2.05) is 6.07 Å². The molecule has 2 fully saturated rings. The molecule has 1 saturated carbocycles. The lowest BCUT2D eigenvalue weighted by Gasteiger charge is -2.43. The van der Waals surface area contributed by atoms with Gasteiger partial charge in [0.05, 0.1) is 5.69 Å². The van der Waals surface area contributed by atoms with Gasteiger partial charge in [0.2, 0.25) is 5.91 Å². The monoisotopic (exact) mass is 351 g/mol. The number of pyridine rings is 1. The van der Waals surface area contributed by atoms with E-state index in [1.165, 1.54) is 12.4 Å². The summed E-state index contributed by atoms with van der Waals surface area (Å²) >= 11 is 0. The van der Waals surface area contributed by atoms with Gasteiger partial charge in [-0.1, -0.05) is 6.58 Å². The Morgan fingerprint density at radius 1 is 1.38 bits per heavy atom. The van der Waals surface area contributed by atoms with Crippen molar-refractivity contribution in [2.75, 3.05) is 18.4 Å². The third kappa shape index (κ3) is 3.24. The van der Waals surface area contributed by atoms with Gasteiger partial charge in [0, 0.05) is 43.0 Å². The topological polar surface area (TPSA) is 91.0 Å². The Hall–Kier alpha value is -2.96. The van der Waals surface area contributed by atoms with Crippen molar-refractivity contribution in [2.24, 2.45) is 11.8 Å². The van der Waals surface area contributed by atoms with Crippen LogP contribution in [0.4, 0.5) is 5.69 Å². The lowest BCUT2D eigenvalue weighted by molar-refractivity contribution is -0.132. The number of aromatic nitrogens is 3. The SMILES string of the molecule is C=CC(=O)N1CC(C(Nc2cc(-c3ccncn3)c[nH]c2=O)C2CC2)C1. The highest BCUT2D eigenvalue weighted by atomic mass is 16.2. The summed E-state index contributed by atoms with van der Waals surface area (Å²) in [5, 5.41) is 3.45. The first-order valence-electron chi connectivity index (χ1n) is 8.82. The lowest BCUT2D eigenvalue weighted by atomic mass is 9.88. The van der Waals surface area contributed by atoms with Crippen molar-refractivity contribution in [3.63, 3.8) is 0 Å². The van der Waals surface area contributed by atoms with Gasteiger partial charge in [-0.25, -0.2) is 9.97 Å². The summed E-state index contributed by atoms with van der Waals surface area (Å²) in [5.74, 6) is 0.885. The number of H-pyrrole nitrogens is 1. The van der Waals surface area contributed by atoms with E-state index in [9.17, 15) is 9.59 Å². The van der Waals surface area contributed by atoms with Gasteiger partial charge >= 0.3 is 0 Å². The molecule has 2 aromatic heterocycles. The number of rotatable bonds is 6. The Labute approximate surface area is 151 Å². The second kappa shape index (κ2) is 6.74. The van der Waals surface area contributed by atoms with Crippen LogP contribution in [0.25, 0.3) is 11.3 Å². The largest absolute Gasteiger partial charge is 0.377 e. The molecule has 2 aliphatic rings. The normalized spacial score (nSPS) is 18.1. The zero-order chi connectivity index (χ0) is 18.1. The Balaban J connectivity index is 1.52. The van der Waals surface area contributed by atoms with E-state index in [-0.39, 0.29) is 17.5 Å². The molecule has 2 aromatic rings. The smallest absolute Gasteiger partial charge is 0.271 e. The predicted octanol–water partition coefficient (Wildman–Crippen LogP) is 1.67. The van der Waals surface area contributed by atoms with E-state index >= 15 is 0 Å². The Kier molecular flexibility index (Phi) is 4.28. The van der Waals surface area contributed by atoms with E-state index in [0.29, 0.717) is 30.6 Å². The molecule has 26 heavy (non-hydrogen) atoms. The third-order valence-corrected chi connectivity index (χ3v) is 5.14. The van der Waals surface area contributed by atoms with Gasteiger partial charge in [0.25, 0.3) is 5.56 Å². The zero-order valence-electron chi connectivity index (χ0n) is 14.4. The molecular formula is C19H21N5O2. The standard InChI is InChI=1S/C19H21N5O2/c1-2-17(25)24-9-14(10-24)18(12-3-4-12)23-16-7-13(8-21-19(16)26)15-5-6-20-11-22-15/h2,5-8,11-12,14,18,23H,1,3-4,9-10H2,(H,21,26). The second-order valence-corrected chi connectivity index (χ2v) is 6.94. The van der Waals surface area contributed by atoms with Crippen LogP contribution in [0, 0.1) is 11.8 Å². The molecule has 4 rings (SSSR count). The molecule has 0 radical (unpaired) electrons. The average molecular weight is 351 g/mol. The van der Waals surface area contributed by atoms with Crippen molar-refractivity contribution in [1.29, 1.82) is 0 Å². The molecule has 1 amide bonds. The second-order valence-electron chi connectivity index (χ2n) is 6.94. The van der Waals surface area contributed by atoms with Gasteiger partial charge in [-0.15, -0.1) is 0 Å². The zero-order valence-corrected chi connectivity index (χ0v) is 14.4. The highest BCUT2D eigenvalue weighted by Crippen LogP contribution is 2.40. The van der Waals surface area contributed by atoms with Crippen LogP contribution in [0.2, 0.25) is 0 Å². The molecule has 0 aromatic carbocycles. The van der Waals surface area contributed by atoms with Crippen molar-refractivity contribution < 1.29 is 4.79 Å². The van der Waals surface area contributed by atoms with Crippen LogP contribution in [-0.4, -0.2) is 44.9 Å². The van der Waals surface area contributed by atoms with E-state index in [1.54, 1.807) is 23.4 Å². The maximum atomic E-state index is 12.3. The quantitative estimate of drug-likeness (QED) is 0.773. The summed E-state index contributed by atoms with van der Waals surface area (Å²) in [6.45, 7) is 4.96. The minimum atomic E-state index is -0.146. The van der Waals surface area contributed by atoms with Crippen molar-refractivity contribution in [3.05, 3.63) is 53.9 Å². The van der Waals surface area contributed by atoms with E-state index in [2.05, 4.69) is 26.8 Å². The Morgan fingerprint density at radius 3 is 2.85 bits per heavy atom. The van der Waals surface area contributed by atoms with E-state index in [4.69, 9.17) is 0 Å². The summed E-state index contributed by atoms with van der Waals surface area (Å²) in [6, 6.07) is 3.84. The molecule has 2 N–H and O–H groups in total. The number of carbonyl (C=O) groups is 1. The number of nitrogens with one attached hydrogen (secondary N) is 2. The summed E-state index contributed by atoms with van der Waals surface area (Å²) in [6.07, 6.45) is 8.49. The van der Waals surface area contributed by atoms with Crippen molar-refractivity contribution in [2.45, 2.75) is 18.9 Å². The molecule has 0 spiro atoms. The number of anilines is 1. The van der Waals surface area contributed by atoms with Crippen LogP contribution in [0.15, 0.2) is 48.3 Å². The highest BCUT2D eigenvalue weighted by molar-refractivity contribution is 5.87.